The van der Waals surface area contributed by atoms with Crippen LogP contribution in [0.3, 0.4) is 0 Å². The predicted octanol–water partition coefficient (Wildman–Crippen LogP) is 2.39. The minimum Gasteiger partial charge on any atom is -0.450 e. The zero-order chi connectivity index (χ0) is 10.8. The molecular formula is C11H9F2NO. The molecule has 1 aromatic rings. The topological polar surface area (TPSA) is 35.2 Å². The maximum Gasteiger partial charge on any atom is 0.186 e. The van der Waals surface area contributed by atoms with Crippen LogP contribution in [0.4, 0.5) is 8.78 Å². The Bertz CT molecular complexity index is 440. The Morgan fingerprint density at radius 2 is 2.00 bits per heavy atom. The Balaban J connectivity index is 2.33. The van der Waals surface area contributed by atoms with Crippen LogP contribution in [0.2, 0.25) is 0 Å². The molecule has 2 nitrogen and oxygen atoms in total. The monoisotopic (exact) mass is 209 g/mol. The molecule has 1 heterocycles. The summed E-state index contributed by atoms with van der Waals surface area (Å²) in [6.07, 6.45) is 4.77. The zero-order valence-corrected chi connectivity index (χ0v) is 7.78. The van der Waals surface area contributed by atoms with Crippen LogP contribution in [0.5, 0.6) is 0 Å². The molecule has 0 aliphatic carbocycles. The molecule has 0 aromatic heterocycles. The van der Waals surface area contributed by atoms with Gasteiger partial charge in [0.1, 0.15) is 0 Å². The fourth-order valence-corrected chi connectivity index (χ4v) is 1.40. The Labute approximate surface area is 85.7 Å². The van der Waals surface area contributed by atoms with Gasteiger partial charge in [0.25, 0.3) is 0 Å². The van der Waals surface area contributed by atoms with E-state index in [-0.39, 0.29) is 11.8 Å². The van der Waals surface area contributed by atoms with Gasteiger partial charge in [-0.2, -0.15) is 0 Å². The summed E-state index contributed by atoms with van der Waals surface area (Å²) in [4.78, 5) is 0. The molecule has 1 aliphatic heterocycles. The number of nitrogens with two attached hydrogens (primary N) is 1. The minimum atomic E-state index is -0.862. The van der Waals surface area contributed by atoms with Crippen molar-refractivity contribution in [1.82, 2.24) is 0 Å². The van der Waals surface area contributed by atoms with E-state index in [9.17, 15) is 8.78 Å². The highest BCUT2D eigenvalue weighted by Gasteiger charge is 2.12. The third-order valence-electron chi connectivity index (χ3n) is 2.16. The Morgan fingerprint density at radius 3 is 2.67 bits per heavy atom. The minimum absolute atomic E-state index is 0.172. The molecule has 0 saturated heterocycles. The third-order valence-corrected chi connectivity index (χ3v) is 2.16. The molecule has 1 aromatic carbocycles. The number of hydrogen-bond donors (Lipinski definition) is 1. The Morgan fingerprint density at radius 1 is 1.20 bits per heavy atom. The van der Waals surface area contributed by atoms with Gasteiger partial charge in [-0.1, -0.05) is 6.07 Å². The number of rotatable bonds is 1. The van der Waals surface area contributed by atoms with Crippen LogP contribution in [-0.4, -0.2) is 0 Å². The molecule has 0 amide bonds. The third kappa shape index (κ3) is 1.98. The van der Waals surface area contributed by atoms with Gasteiger partial charge in [0.2, 0.25) is 0 Å². The summed E-state index contributed by atoms with van der Waals surface area (Å²) < 4.78 is 30.5. The van der Waals surface area contributed by atoms with Crippen molar-refractivity contribution in [1.29, 1.82) is 0 Å². The first-order valence-corrected chi connectivity index (χ1v) is 4.42. The van der Waals surface area contributed by atoms with Crippen LogP contribution in [0.25, 0.3) is 0 Å². The van der Waals surface area contributed by atoms with Crippen molar-refractivity contribution in [3.05, 3.63) is 59.7 Å². The molecule has 0 fully saturated rings. The summed E-state index contributed by atoms with van der Waals surface area (Å²) in [5, 5.41) is 0. The molecule has 0 unspecified atom stereocenters. The van der Waals surface area contributed by atoms with Crippen LogP contribution < -0.4 is 5.73 Å². The molecule has 1 atom stereocenters. The largest absolute Gasteiger partial charge is 0.450 e. The van der Waals surface area contributed by atoms with E-state index in [2.05, 4.69) is 0 Å². The first-order chi connectivity index (χ1) is 7.16. The van der Waals surface area contributed by atoms with Crippen LogP contribution in [0.1, 0.15) is 11.5 Å². The van der Waals surface area contributed by atoms with E-state index in [0.29, 0.717) is 5.56 Å². The molecule has 2 rings (SSSR count). The van der Waals surface area contributed by atoms with Gasteiger partial charge in [-0.25, -0.2) is 8.78 Å². The lowest BCUT2D eigenvalue weighted by Gasteiger charge is -2.14. The number of halogens is 2. The lowest BCUT2D eigenvalue weighted by molar-refractivity contribution is 0.334. The predicted molar refractivity (Wildman–Crippen MR) is 51.6 cm³/mol. The smallest absolute Gasteiger partial charge is 0.186 e. The molecule has 0 bridgehead atoms. The van der Waals surface area contributed by atoms with Gasteiger partial charge in [-0.15, -0.1) is 0 Å². The fourth-order valence-electron chi connectivity index (χ4n) is 1.40. The van der Waals surface area contributed by atoms with Crippen molar-refractivity contribution in [2.45, 2.75) is 5.92 Å². The van der Waals surface area contributed by atoms with Crippen molar-refractivity contribution in [2.24, 2.45) is 5.73 Å². The van der Waals surface area contributed by atoms with Crippen molar-refractivity contribution in [3.8, 4) is 0 Å². The van der Waals surface area contributed by atoms with E-state index in [1.54, 1.807) is 12.2 Å². The van der Waals surface area contributed by atoms with Gasteiger partial charge in [0.15, 0.2) is 17.5 Å². The van der Waals surface area contributed by atoms with Gasteiger partial charge in [-0.3, -0.25) is 0 Å². The van der Waals surface area contributed by atoms with Gasteiger partial charge >= 0.3 is 0 Å². The van der Waals surface area contributed by atoms with Crippen molar-refractivity contribution in [2.75, 3.05) is 0 Å². The summed E-state index contributed by atoms with van der Waals surface area (Å²) in [7, 11) is 0. The molecule has 4 heteroatoms. The van der Waals surface area contributed by atoms with E-state index in [0.717, 1.165) is 12.1 Å². The molecule has 15 heavy (non-hydrogen) atoms. The number of allylic oxidation sites excluding steroid dienone is 2. The number of ether oxygens (including phenoxy) is 1. The molecule has 0 radical (unpaired) electrons. The highest BCUT2D eigenvalue weighted by Crippen LogP contribution is 2.24. The van der Waals surface area contributed by atoms with E-state index >= 15 is 0 Å². The average Bonchev–Trinajstić information content (AvgIpc) is 2.22. The molecule has 78 valence electrons. The highest BCUT2D eigenvalue weighted by molar-refractivity contribution is 5.31. The van der Waals surface area contributed by atoms with Crippen LogP contribution in [0, 0.1) is 11.6 Å². The molecule has 2 N–H and O–H groups in total. The second-order valence-electron chi connectivity index (χ2n) is 3.21. The maximum absolute atomic E-state index is 12.9. The van der Waals surface area contributed by atoms with Gasteiger partial charge in [0.05, 0.1) is 6.26 Å². The summed E-state index contributed by atoms with van der Waals surface area (Å²) >= 11 is 0. The second-order valence-corrected chi connectivity index (χ2v) is 3.21. The average molecular weight is 209 g/mol. The first-order valence-electron chi connectivity index (χ1n) is 4.42. The second kappa shape index (κ2) is 3.73. The number of hydrogen-bond acceptors (Lipinski definition) is 2. The van der Waals surface area contributed by atoms with Crippen LogP contribution in [-0.2, 0) is 4.74 Å². The van der Waals surface area contributed by atoms with Crippen molar-refractivity contribution >= 4 is 0 Å². The normalized spacial score (nSPS) is 19.6. The van der Waals surface area contributed by atoms with E-state index in [4.69, 9.17) is 10.5 Å². The molecule has 0 spiro atoms. The maximum atomic E-state index is 12.9. The lowest BCUT2D eigenvalue weighted by Crippen LogP contribution is -2.06. The van der Waals surface area contributed by atoms with E-state index < -0.39 is 11.6 Å². The van der Waals surface area contributed by atoms with Crippen molar-refractivity contribution < 1.29 is 13.5 Å². The summed E-state index contributed by atoms with van der Waals surface area (Å²) in [6.45, 7) is 0. The SMILES string of the molecule is NC1=C[C@H](c2ccc(F)c(F)c2)C=CO1. The van der Waals surface area contributed by atoms with Crippen molar-refractivity contribution in [3.63, 3.8) is 0 Å². The summed E-state index contributed by atoms with van der Waals surface area (Å²) in [5.74, 6) is -1.63. The zero-order valence-electron chi connectivity index (χ0n) is 7.78. The Kier molecular flexibility index (Phi) is 2.41. The van der Waals surface area contributed by atoms with Gasteiger partial charge in [-0.05, 0) is 29.8 Å². The fraction of sp³-hybridized carbons (Fsp3) is 0.0909. The van der Waals surface area contributed by atoms with E-state index in [1.807, 2.05) is 0 Å². The van der Waals surface area contributed by atoms with Gasteiger partial charge < -0.3 is 10.5 Å². The molecular weight excluding hydrogens is 200 g/mol. The lowest BCUT2D eigenvalue weighted by atomic mass is 9.98. The highest BCUT2D eigenvalue weighted by atomic mass is 19.2. The molecule has 0 saturated carbocycles. The standard InChI is InChI=1S/C11H9F2NO/c12-9-2-1-7(5-10(9)13)8-3-4-15-11(14)6-8/h1-6,8H,14H2/t8-/m1/s1. The Hall–Kier alpha value is -1.84. The summed E-state index contributed by atoms with van der Waals surface area (Å²) in [6, 6.07) is 3.76. The summed E-state index contributed by atoms with van der Waals surface area (Å²) in [5.41, 5.74) is 6.09. The quantitative estimate of drug-likeness (QED) is 0.770. The molecule has 1 aliphatic rings. The first kappa shape index (κ1) is 9.71. The van der Waals surface area contributed by atoms with Crippen LogP contribution >= 0.6 is 0 Å². The van der Waals surface area contributed by atoms with Crippen LogP contribution in [0.15, 0.2) is 42.5 Å². The van der Waals surface area contributed by atoms with Gasteiger partial charge in [0, 0.05) is 5.92 Å². The van der Waals surface area contributed by atoms with E-state index in [1.165, 1.54) is 12.3 Å². The number of benzene rings is 1.